The summed E-state index contributed by atoms with van der Waals surface area (Å²) in [5.74, 6) is 6.36. The number of nitrogen functional groups attached to an aromatic ring is 1. The molecule has 5 heteroatoms. The number of hydrazine groups is 1. The van der Waals surface area contributed by atoms with E-state index < -0.39 is 0 Å². The lowest BCUT2D eigenvalue weighted by Crippen LogP contribution is -2.29. The summed E-state index contributed by atoms with van der Waals surface area (Å²) < 4.78 is 5.98. The maximum absolute atomic E-state index is 11.4. The molecule has 1 aromatic heterocycles. The van der Waals surface area contributed by atoms with Gasteiger partial charge < -0.3 is 4.74 Å². The smallest absolute Gasteiger partial charge is 0.275 e. The van der Waals surface area contributed by atoms with Crippen LogP contribution in [0.25, 0.3) is 0 Å². The molecule has 0 radical (unpaired) electrons. The molecule has 1 aliphatic rings. The van der Waals surface area contributed by atoms with E-state index in [1.165, 1.54) is 17.8 Å². The monoisotopic (exact) mass is 282 g/mol. The van der Waals surface area contributed by atoms with Crippen LogP contribution < -0.4 is 11.3 Å². The van der Waals surface area contributed by atoms with Gasteiger partial charge >= 0.3 is 0 Å². The Morgan fingerprint density at radius 2 is 2.05 bits per heavy atom. The Balaban J connectivity index is 1.85. The fraction of sp³-hybridized carbons (Fsp3) is 0.643. The van der Waals surface area contributed by atoms with E-state index in [2.05, 4.69) is 19.3 Å². The third-order valence-electron chi connectivity index (χ3n) is 3.61. The van der Waals surface area contributed by atoms with Crippen LogP contribution in [0, 0.1) is 11.8 Å². The Kier molecular flexibility index (Phi) is 4.96. The van der Waals surface area contributed by atoms with E-state index in [-0.39, 0.29) is 5.91 Å². The lowest BCUT2D eigenvalue weighted by atomic mass is 9.82. The number of nitrogens with one attached hydrogen (secondary N) is 1. The molecule has 1 saturated carbocycles. The van der Waals surface area contributed by atoms with Crippen molar-refractivity contribution in [3.63, 3.8) is 0 Å². The van der Waals surface area contributed by atoms with Crippen LogP contribution in [-0.4, -0.2) is 12.0 Å². The zero-order chi connectivity index (χ0) is 13.8. The summed E-state index contributed by atoms with van der Waals surface area (Å²) >= 11 is 1.44. The van der Waals surface area contributed by atoms with E-state index >= 15 is 0 Å². The van der Waals surface area contributed by atoms with Crippen molar-refractivity contribution in [3.05, 3.63) is 21.9 Å². The van der Waals surface area contributed by atoms with E-state index in [1.54, 1.807) is 6.07 Å². The molecule has 0 bridgehead atoms. The topological polar surface area (TPSA) is 64.3 Å². The van der Waals surface area contributed by atoms with Crippen LogP contribution in [-0.2, 0) is 11.3 Å². The lowest BCUT2D eigenvalue weighted by molar-refractivity contribution is -0.00803. The van der Waals surface area contributed by atoms with Gasteiger partial charge in [-0.3, -0.25) is 10.2 Å². The van der Waals surface area contributed by atoms with Crippen molar-refractivity contribution in [2.75, 3.05) is 0 Å². The second-order valence-electron chi connectivity index (χ2n) is 5.59. The Morgan fingerprint density at radius 1 is 1.37 bits per heavy atom. The molecule has 1 aliphatic carbocycles. The molecule has 1 fully saturated rings. The van der Waals surface area contributed by atoms with Gasteiger partial charge in [0.25, 0.3) is 5.91 Å². The van der Waals surface area contributed by atoms with Crippen molar-refractivity contribution >= 4 is 17.2 Å². The normalized spacial score (nSPS) is 27.2. The Labute approximate surface area is 118 Å². The minimum absolute atomic E-state index is 0.240. The fourth-order valence-electron chi connectivity index (χ4n) is 2.86. The Bertz CT molecular complexity index is 423. The molecule has 19 heavy (non-hydrogen) atoms. The summed E-state index contributed by atoms with van der Waals surface area (Å²) in [4.78, 5) is 13.1. The second-order valence-corrected chi connectivity index (χ2v) is 6.76. The molecular formula is C14H22N2O2S. The van der Waals surface area contributed by atoms with Gasteiger partial charge in [0.1, 0.15) is 0 Å². The zero-order valence-corrected chi connectivity index (χ0v) is 12.3. The highest BCUT2D eigenvalue weighted by molar-refractivity contribution is 7.14. The first-order valence-electron chi connectivity index (χ1n) is 6.79. The summed E-state index contributed by atoms with van der Waals surface area (Å²) in [6.07, 6.45) is 3.95. The lowest BCUT2D eigenvalue weighted by Gasteiger charge is -2.31. The molecule has 0 aromatic carbocycles. The maximum Gasteiger partial charge on any atom is 0.275 e. The first kappa shape index (κ1) is 14.5. The van der Waals surface area contributed by atoms with Gasteiger partial charge in [-0.25, -0.2) is 5.84 Å². The highest BCUT2D eigenvalue weighted by atomic mass is 32.1. The summed E-state index contributed by atoms with van der Waals surface area (Å²) in [6.45, 7) is 5.17. The van der Waals surface area contributed by atoms with E-state index in [4.69, 9.17) is 10.6 Å². The van der Waals surface area contributed by atoms with Crippen LogP contribution in [0.1, 0.15) is 47.7 Å². The third kappa shape index (κ3) is 4.03. The fourth-order valence-corrected chi connectivity index (χ4v) is 3.69. The number of nitrogens with two attached hydrogens (primary N) is 1. The van der Waals surface area contributed by atoms with Crippen molar-refractivity contribution in [2.45, 2.75) is 45.8 Å². The van der Waals surface area contributed by atoms with Gasteiger partial charge in [-0.05, 0) is 43.2 Å². The summed E-state index contributed by atoms with van der Waals surface area (Å²) in [5, 5.41) is 0. The molecule has 4 nitrogen and oxygen atoms in total. The van der Waals surface area contributed by atoms with Crippen LogP contribution >= 0.6 is 11.3 Å². The molecule has 106 valence electrons. The average Bonchev–Trinajstić information content (AvgIpc) is 2.83. The average molecular weight is 282 g/mol. The number of amides is 1. The van der Waals surface area contributed by atoms with Crippen molar-refractivity contribution in [1.82, 2.24) is 5.43 Å². The van der Waals surface area contributed by atoms with Crippen LogP contribution in [0.3, 0.4) is 0 Å². The van der Waals surface area contributed by atoms with E-state index in [9.17, 15) is 4.79 Å². The van der Waals surface area contributed by atoms with Crippen molar-refractivity contribution in [2.24, 2.45) is 17.7 Å². The summed E-state index contributed by atoms with van der Waals surface area (Å²) in [7, 11) is 0. The van der Waals surface area contributed by atoms with Crippen molar-refractivity contribution < 1.29 is 9.53 Å². The number of ether oxygens (including phenoxy) is 1. The number of carbonyl (C=O) groups excluding carboxylic acids is 1. The molecule has 0 saturated heterocycles. The van der Waals surface area contributed by atoms with Crippen LogP contribution in [0.5, 0.6) is 0 Å². The molecule has 2 rings (SSSR count). The molecule has 1 heterocycles. The molecule has 2 unspecified atom stereocenters. The molecule has 3 N–H and O–H groups in total. The quantitative estimate of drug-likeness (QED) is 0.507. The number of hydrogen-bond acceptors (Lipinski definition) is 4. The van der Waals surface area contributed by atoms with Crippen LogP contribution in [0.15, 0.2) is 12.1 Å². The van der Waals surface area contributed by atoms with Gasteiger partial charge in [0.05, 0.1) is 17.6 Å². The second kappa shape index (κ2) is 6.50. The highest BCUT2D eigenvalue weighted by Gasteiger charge is 2.24. The number of hydrogen-bond donors (Lipinski definition) is 2. The molecule has 1 aromatic rings. The van der Waals surface area contributed by atoms with Crippen molar-refractivity contribution in [1.29, 1.82) is 0 Å². The van der Waals surface area contributed by atoms with Gasteiger partial charge in [-0.1, -0.05) is 13.8 Å². The van der Waals surface area contributed by atoms with E-state index in [1.807, 2.05) is 6.07 Å². The molecule has 1 amide bonds. The summed E-state index contributed by atoms with van der Waals surface area (Å²) in [6, 6.07) is 3.72. The molecule has 0 aliphatic heterocycles. The van der Waals surface area contributed by atoms with Gasteiger partial charge in [-0.15, -0.1) is 11.3 Å². The molecule has 2 atom stereocenters. The number of thiophene rings is 1. The zero-order valence-electron chi connectivity index (χ0n) is 11.5. The van der Waals surface area contributed by atoms with Gasteiger partial charge in [-0.2, -0.15) is 0 Å². The van der Waals surface area contributed by atoms with E-state index in [0.717, 1.165) is 29.6 Å². The predicted molar refractivity (Wildman–Crippen MR) is 76.7 cm³/mol. The van der Waals surface area contributed by atoms with Gasteiger partial charge in [0.2, 0.25) is 0 Å². The number of carbonyl (C=O) groups is 1. The first-order valence-corrected chi connectivity index (χ1v) is 7.61. The molecular weight excluding hydrogens is 260 g/mol. The Morgan fingerprint density at radius 3 is 2.68 bits per heavy atom. The minimum atomic E-state index is -0.240. The molecule has 0 spiro atoms. The van der Waals surface area contributed by atoms with Crippen LogP contribution in [0.2, 0.25) is 0 Å². The summed E-state index contributed by atoms with van der Waals surface area (Å²) in [5.41, 5.74) is 2.14. The first-order chi connectivity index (χ1) is 9.08. The Hall–Kier alpha value is -0.910. The maximum atomic E-state index is 11.4. The third-order valence-corrected chi connectivity index (χ3v) is 4.67. The van der Waals surface area contributed by atoms with Gasteiger partial charge in [0, 0.05) is 4.88 Å². The van der Waals surface area contributed by atoms with Gasteiger partial charge in [0.15, 0.2) is 0 Å². The van der Waals surface area contributed by atoms with E-state index in [0.29, 0.717) is 17.6 Å². The minimum Gasteiger partial charge on any atom is -0.373 e. The predicted octanol–water partition coefficient (Wildman–Crippen LogP) is 2.69. The SMILES string of the molecule is CC1CC(C)CC(OCc2ccc(C(=O)NN)s2)C1. The number of rotatable bonds is 4. The van der Waals surface area contributed by atoms with Crippen LogP contribution in [0.4, 0.5) is 0 Å². The van der Waals surface area contributed by atoms with Crippen molar-refractivity contribution in [3.8, 4) is 0 Å². The largest absolute Gasteiger partial charge is 0.373 e. The standard InChI is InChI=1S/C14H22N2O2S/c1-9-5-10(2)7-11(6-9)18-8-12-3-4-13(19-12)14(17)16-15/h3-4,9-11H,5-8,15H2,1-2H3,(H,16,17). The highest BCUT2D eigenvalue weighted by Crippen LogP contribution is 2.31.